The van der Waals surface area contributed by atoms with E-state index in [9.17, 15) is 9.50 Å². The van der Waals surface area contributed by atoms with Gasteiger partial charge in [0.2, 0.25) is 6.79 Å². The summed E-state index contributed by atoms with van der Waals surface area (Å²) in [5.74, 6) is -1.08. The van der Waals surface area contributed by atoms with Gasteiger partial charge < -0.3 is 25.4 Å². The Morgan fingerprint density at radius 3 is 2.93 bits per heavy atom. The highest BCUT2D eigenvalue weighted by atomic mass is 19.1. The molecule has 1 heterocycles. The number of aliphatic hydroxyl groups excluding tert-OH is 1. The third kappa shape index (κ3) is 1.47. The third-order valence-electron chi connectivity index (χ3n) is 2.18. The first-order valence-electron chi connectivity index (χ1n) is 4.32. The van der Waals surface area contributed by atoms with Crippen molar-refractivity contribution in [2.24, 2.45) is 5.73 Å². The molecule has 0 aliphatic carbocycles. The topological polar surface area (TPSA) is 84.9 Å². The molecule has 1 aromatic carbocycles. The van der Waals surface area contributed by atoms with Crippen LogP contribution in [0.2, 0.25) is 0 Å². The van der Waals surface area contributed by atoms with Crippen molar-refractivity contribution in [2.75, 3.05) is 13.4 Å². The molecular formula is C9H10FNO4. The van der Waals surface area contributed by atoms with Crippen molar-refractivity contribution in [3.05, 3.63) is 17.4 Å². The Morgan fingerprint density at radius 1 is 1.53 bits per heavy atom. The number of aliphatic hydroxyl groups is 1. The first kappa shape index (κ1) is 10.0. The molecule has 0 spiro atoms. The highest BCUT2D eigenvalue weighted by Gasteiger charge is 2.27. The molecule has 5 nitrogen and oxygen atoms in total. The van der Waals surface area contributed by atoms with E-state index in [-0.39, 0.29) is 23.9 Å². The first-order chi connectivity index (χ1) is 7.15. The van der Waals surface area contributed by atoms with Gasteiger partial charge in [-0.05, 0) is 0 Å². The zero-order chi connectivity index (χ0) is 11.0. The molecule has 0 aromatic heterocycles. The van der Waals surface area contributed by atoms with Crippen LogP contribution in [0.4, 0.5) is 4.39 Å². The lowest BCUT2D eigenvalue weighted by Gasteiger charge is -2.13. The summed E-state index contributed by atoms with van der Waals surface area (Å²) in [4.78, 5) is 0. The molecule has 82 valence electrons. The summed E-state index contributed by atoms with van der Waals surface area (Å²) < 4.78 is 23.5. The number of aromatic hydroxyl groups is 1. The molecule has 15 heavy (non-hydrogen) atoms. The van der Waals surface area contributed by atoms with Gasteiger partial charge in [0, 0.05) is 6.07 Å². The van der Waals surface area contributed by atoms with Crippen LogP contribution in [-0.4, -0.2) is 23.6 Å². The van der Waals surface area contributed by atoms with E-state index in [0.29, 0.717) is 0 Å². The van der Waals surface area contributed by atoms with E-state index in [1.54, 1.807) is 0 Å². The monoisotopic (exact) mass is 215 g/mol. The van der Waals surface area contributed by atoms with Crippen molar-refractivity contribution in [3.63, 3.8) is 0 Å². The molecule has 0 radical (unpaired) electrons. The molecule has 1 aromatic rings. The maximum absolute atomic E-state index is 13.5. The van der Waals surface area contributed by atoms with Crippen LogP contribution in [0, 0.1) is 5.82 Å². The molecule has 0 bridgehead atoms. The average molecular weight is 215 g/mol. The number of ether oxygens (including phenoxy) is 2. The summed E-state index contributed by atoms with van der Waals surface area (Å²) in [5, 5.41) is 18.1. The Kier molecular flexibility index (Phi) is 2.37. The quantitative estimate of drug-likeness (QED) is 0.658. The minimum atomic E-state index is -0.951. The smallest absolute Gasteiger partial charge is 0.231 e. The lowest BCUT2D eigenvalue weighted by Crippen LogP contribution is -2.17. The summed E-state index contributed by atoms with van der Waals surface area (Å²) in [6.45, 7) is -0.500. The van der Waals surface area contributed by atoms with Crippen LogP contribution in [0.1, 0.15) is 11.6 Å². The van der Waals surface area contributed by atoms with Crippen LogP contribution >= 0.6 is 0 Å². The maximum Gasteiger partial charge on any atom is 0.231 e. The van der Waals surface area contributed by atoms with Crippen LogP contribution in [0.5, 0.6) is 17.2 Å². The molecule has 2 rings (SSSR count). The minimum absolute atomic E-state index is 0.0522. The molecule has 0 amide bonds. The van der Waals surface area contributed by atoms with Crippen molar-refractivity contribution in [3.8, 4) is 17.2 Å². The second-order valence-corrected chi connectivity index (χ2v) is 3.15. The van der Waals surface area contributed by atoms with Gasteiger partial charge in [-0.3, -0.25) is 0 Å². The molecule has 6 heteroatoms. The van der Waals surface area contributed by atoms with Gasteiger partial charge in [-0.25, -0.2) is 4.39 Å². The Hall–Kier alpha value is -1.53. The number of halogens is 1. The van der Waals surface area contributed by atoms with Gasteiger partial charge in [0.05, 0.1) is 18.2 Å². The number of benzene rings is 1. The average Bonchev–Trinajstić information content (AvgIpc) is 2.66. The van der Waals surface area contributed by atoms with Gasteiger partial charge in [0.15, 0.2) is 23.1 Å². The number of nitrogens with two attached hydrogens (primary N) is 1. The Balaban J connectivity index is 2.60. The Labute approximate surface area is 84.8 Å². The van der Waals surface area contributed by atoms with Gasteiger partial charge in [-0.2, -0.15) is 0 Å². The third-order valence-corrected chi connectivity index (χ3v) is 2.18. The fraction of sp³-hybridized carbons (Fsp3) is 0.333. The molecule has 0 saturated carbocycles. The predicted octanol–water partition coefficient (Wildman–Crippen LogP) is 0.252. The highest BCUT2D eigenvalue weighted by Crippen LogP contribution is 2.43. The molecule has 4 N–H and O–H groups in total. The summed E-state index contributed by atoms with van der Waals surface area (Å²) in [5.41, 5.74) is 5.44. The van der Waals surface area contributed by atoms with E-state index < -0.39 is 24.2 Å². The first-order valence-corrected chi connectivity index (χ1v) is 4.32. The summed E-state index contributed by atoms with van der Waals surface area (Å²) in [7, 11) is 0. The summed E-state index contributed by atoms with van der Waals surface area (Å²) in [6, 6.07) is 0.165. The van der Waals surface area contributed by atoms with E-state index in [4.69, 9.17) is 20.3 Å². The molecule has 1 aliphatic heterocycles. The summed E-state index contributed by atoms with van der Waals surface area (Å²) in [6.07, 6.45) is 0. The standard InChI is InChI=1S/C9H10FNO4/c10-8-5(13)1-6-9(15-3-14-6)7(8)4(11)2-12/h1,4,12-13H,2-3,11H2. The normalized spacial score (nSPS) is 15.4. The zero-order valence-electron chi connectivity index (χ0n) is 7.74. The van der Waals surface area contributed by atoms with Crippen molar-refractivity contribution < 1.29 is 24.1 Å². The van der Waals surface area contributed by atoms with Gasteiger partial charge in [-0.15, -0.1) is 0 Å². The van der Waals surface area contributed by atoms with Gasteiger partial charge in [0.25, 0.3) is 0 Å². The van der Waals surface area contributed by atoms with E-state index in [0.717, 1.165) is 6.07 Å². The van der Waals surface area contributed by atoms with Crippen molar-refractivity contribution in [1.29, 1.82) is 0 Å². The summed E-state index contributed by atoms with van der Waals surface area (Å²) >= 11 is 0. The van der Waals surface area contributed by atoms with E-state index >= 15 is 0 Å². The van der Waals surface area contributed by atoms with E-state index in [2.05, 4.69) is 0 Å². The number of rotatable bonds is 2. The Morgan fingerprint density at radius 2 is 2.27 bits per heavy atom. The SMILES string of the molecule is NC(CO)c1c(F)c(O)cc2c1OCO2. The lowest BCUT2D eigenvalue weighted by molar-refractivity contribution is 0.171. The fourth-order valence-electron chi connectivity index (χ4n) is 1.45. The maximum atomic E-state index is 13.5. The minimum Gasteiger partial charge on any atom is -0.505 e. The van der Waals surface area contributed by atoms with E-state index in [1.807, 2.05) is 0 Å². The second kappa shape index (κ2) is 3.56. The van der Waals surface area contributed by atoms with Gasteiger partial charge in [0.1, 0.15) is 0 Å². The molecule has 1 atom stereocenters. The van der Waals surface area contributed by atoms with Crippen LogP contribution in [0.3, 0.4) is 0 Å². The number of hydrogen-bond acceptors (Lipinski definition) is 5. The molecular weight excluding hydrogens is 205 g/mol. The molecule has 1 unspecified atom stereocenters. The van der Waals surface area contributed by atoms with Crippen molar-refractivity contribution >= 4 is 0 Å². The van der Waals surface area contributed by atoms with Crippen LogP contribution in [0.15, 0.2) is 6.07 Å². The lowest BCUT2D eigenvalue weighted by atomic mass is 10.1. The fourth-order valence-corrected chi connectivity index (χ4v) is 1.45. The van der Waals surface area contributed by atoms with Gasteiger partial charge >= 0.3 is 0 Å². The number of fused-ring (bicyclic) bond motifs is 1. The predicted molar refractivity (Wildman–Crippen MR) is 48.2 cm³/mol. The highest BCUT2D eigenvalue weighted by molar-refractivity contribution is 5.54. The van der Waals surface area contributed by atoms with Crippen molar-refractivity contribution in [1.82, 2.24) is 0 Å². The second-order valence-electron chi connectivity index (χ2n) is 3.15. The van der Waals surface area contributed by atoms with E-state index in [1.165, 1.54) is 0 Å². The largest absolute Gasteiger partial charge is 0.505 e. The molecule has 0 fully saturated rings. The van der Waals surface area contributed by atoms with Crippen LogP contribution in [0.25, 0.3) is 0 Å². The van der Waals surface area contributed by atoms with Crippen LogP contribution < -0.4 is 15.2 Å². The van der Waals surface area contributed by atoms with Gasteiger partial charge in [-0.1, -0.05) is 0 Å². The molecule has 1 aliphatic rings. The zero-order valence-corrected chi connectivity index (χ0v) is 7.74. The molecule has 0 saturated heterocycles. The number of phenolic OH excluding ortho intramolecular Hbond substituents is 1. The van der Waals surface area contributed by atoms with Crippen LogP contribution in [-0.2, 0) is 0 Å². The Bertz CT molecular complexity index is 396. The van der Waals surface area contributed by atoms with Crippen molar-refractivity contribution in [2.45, 2.75) is 6.04 Å². The number of hydrogen-bond donors (Lipinski definition) is 3. The number of phenols is 1.